The molecule has 0 amide bonds. The lowest BCUT2D eigenvalue weighted by atomic mass is 10.3. The van der Waals surface area contributed by atoms with Crippen LogP contribution in [0.4, 0.5) is 0 Å². The second-order valence-corrected chi connectivity index (χ2v) is 5.12. The van der Waals surface area contributed by atoms with Crippen LogP contribution in [0.25, 0.3) is 0 Å². The molecule has 1 aliphatic carbocycles. The lowest BCUT2D eigenvalue weighted by molar-refractivity contribution is -0.00546. The van der Waals surface area contributed by atoms with Crippen molar-refractivity contribution in [2.45, 2.75) is 51.7 Å². The fourth-order valence-electron chi connectivity index (χ4n) is 2.41. The van der Waals surface area contributed by atoms with Crippen molar-refractivity contribution in [1.29, 1.82) is 0 Å². The second kappa shape index (κ2) is 9.73. The molecule has 0 aliphatic heterocycles. The van der Waals surface area contributed by atoms with Gasteiger partial charge in [0.05, 0.1) is 18.8 Å². The summed E-state index contributed by atoms with van der Waals surface area (Å²) in [5.74, 6) is 0. The van der Waals surface area contributed by atoms with Gasteiger partial charge in [-0.1, -0.05) is 26.7 Å². The molecule has 4 heteroatoms. The summed E-state index contributed by atoms with van der Waals surface area (Å²) in [6.45, 7) is 9.61. The zero-order valence-corrected chi connectivity index (χ0v) is 12.0. The Morgan fingerprint density at radius 3 is 2.56 bits per heavy atom. The third kappa shape index (κ3) is 6.69. The van der Waals surface area contributed by atoms with Crippen molar-refractivity contribution in [1.82, 2.24) is 10.2 Å². The van der Waals surface area contributed by atoms with Gasteiger partial charge in [0, 0.05) is 19.6 Å². The van der Waals surface area contributed by atoms with Crippen LogP contribution in [0.2, 0.25) is 0 Å². The maximum absolute atomic E-state index is 9.79. The summed E-state index contributed by atoms with van der Waals surface area (Å²) < 4.78 is 5.68. The van der Waals surface area contributed by atoms with E-state index in [0.29, 0.717) is 19.3 Å². The van der Waals surface area contributed by atoms with Gasteiger partial charge in [0.2, 0.25) is 0 Å². The number of aliphatic hydroxyl groups excluding tert-OH is 1. The fourth-order valence-corrected chi connectivity index (χ4v) is 2.41. The maximum atomic E-state index is 9.79. The largest absolute Gasteiger partial charge is 0.389 e. The van der Waals surface area contributed by atoms with Gasteiger partial charge in [-0.2, -0.15) is 0 Å². The standard InChI is InChI=1S/C14H30N2O2/c1-3-16(4-2)10-9-15-11-13(17)12-18-14-7-5-6-8-14/h13-15,17H,3-12H2,1-2H3. The SMILES string of the molecule is CCN(CC)CCNCC(O)COC1CCCC1. The molecular weight excluding hydrogens is 228 g/mol. The molecule has 0 aromatic rings. The lowest BCUT2D eigenvalue weighted by Gasteiger charge is -2.19. The molecule has 0 spiro atoms. The number of rotatable bonds is 10. The molecule has 0 radical (unpaired) electrons. The normalized spacial score (nSPS) is 18.7. The van der Waals surface area contributed by atoms with Gasteiger partial charge in [-0.15, -0.1) is 0 Å². The minimum Gasteiger partial charge on any atom is -0.389 e. The quantitative estimate of drug-likeness (QED) is 0.579. The van der Waals surface area contributed by atoms with Gasteiger partial charge in [0.15, 0.2) is 0 Å². The van der Waals surface area contributed by atoms with Crippen molar-refractivity contribution >= 4 is 0 Å². The molecule has 1 saturated carbocycles. The molecule has 18 heavy (non-hydrogen) atoms. The van der Waals surface area contributed by atoms with E-state index in [1.54, 1.807) is 0 Å². The number of hydrogen-bond acceptors (Lipinski definition) is 4. The molecule has 0 aromatic heterocycles. The van der Waals surface area contributed by atoms with E-state index < -0.39 is 0 Å². The minimum absolute atomic E-state index is 0.373. The van der Waals surface area contributed by atoms with Crippen LogP contribution >= 0.6 is 0 Å². The van der Waals surface area contributed by atoms with E-state index in [1.807, 2.05) is 0 Å². The average molecular weight is 258 g/mol. The molecule has 4 nitrogen and oxygen atoms in total. The van der Waals surface area contributed by atoms with E-state index >= 15 is 0 Å². The van der Waals surface area contributed by atoms with Gasteiger partial charge in [-0.3, -0.25) is 0 Å². The van der Waals surface area contributed by atoms with Gasteiger partial charge in [0.25, 0.3) is 0 Å². The number of nitrogens with zero attached hydrogens (tertiary/aromatic N) is 1. The van der Waals surface area contributed by atoms with Crippen LogP contribution in [0, 0.1) is 0 Å². The van der Waals surface area contributed by atoms with Crippen molar-refractivity contribution in [2.75, 3.05) is 39.3 Å². The predicted octanol–water partition coefficient (Wildman–Crippen LogP) is 1.24. The van der Waals surface area contributed by atoms with E-state index in [9.17, 15) is 5.11 Å². The van der Waals surface area contributed by atoms with Crippen molar-refractivity contribution in [2.24, 2.45) is 0 Å². The summed E-state index contributed by atoms with van der Waals surface area (Å²) in [4.78, 5) is 2.37. The minimum atomic E-state index is -0.373. The topological polar surface area (TPSA) is 44.7 Å². The molecule has 0 aromatic carbocycles. The third-order valence-corrected chi connectivity index (χ3v) is 3.71. The Hall–Kier alpha value is -0.160. The van der Waals surface area contributed by atoms with E-state index in [4.69, 9.17) is 4.74 Å². The Kier molecular flexibility index (Phi) is 8.59. The Balaban J connectivity index is 1.94. The smallest absolute Gasteiger partial charge is 0.0897 e. The molecule has 0 saturated heterocycles. The molecule has 1 fully saturated rings. The van der Waals surface area contributed by atoms with Crippen molar-refractivity contribution < 1.29 is 9.84 Å². The molecule has 1 unspecified atom stereocenters. The van der Waals surface area contributed by atoms with Crippen LogP contribution in [-0.2, 0) is 4.74 Å². The van der Waals surface area contributed by atoms with Crippen molar-refractivity contribution in [3.63, 3.8) is 0 Å². The first kappa shape index (κ1) is 15.9. The Labute approximate surface area is 112 Å². The zero-order valence-electron chi connectivity index (χ0n) is 12.0. The number of ether oxygens (including phenoxy) is 1. The van der Waals surface area contributed by atoms with Gasteiger partial charge >= 0.3 is 0 Å². The number of nitrogens with one attached hydrogen (secondary N) is 1. The summed E-state index contributed by atoms with van der Waals surface area (Å²) >= 11 is 0. The molecule has 1 rings (SSSR count). The monoisotopic (exact) mass is 258 g/mol. The lowest BCUT2D eigenvalue weighted by Crippen LogP contribution is -2.37. The van der Waals surface area contributed by atoms with Crippen LogP contribution in [0.3, 0.4) is 0 Å². The van der Waals surface area contributed by atoms with Crippen molar-refractivity contribution in [3.8, 4) is 0 Å². The molecule has 0 heterocycles. The number of hydrogen-bond donors (Lipinski definition) is 2. The second-order valence-electron chi connectivity index (χ2n) is 5.12. The third-order valence-electron chi connectivity index (χ3n) is 3.71. The van der Waals surface area contributed by atoms with E-state index in [-0.39, 0.29) is 6.10 Å². The first-order valence-electron chi connectivity index (χ1n) is 7.49. The van der Waals surface area contributed by atoms with Crippen LogP contribution in [0.1, 0.15) is 39.5 Å². The molecule has 1 aliphatic rings. The van der Waals surface area contributed by atoms with Crippen LogP contribution < -0.4 is 5.32 Å². The maximum Gasteiger partial charge on any atom is 0.0897 e. The van der Waals surface area contributed by atoms with Gasteiger partial charge in [0.1, 0.15) is 0 Å². The van der Waals surface area contributed by atoms with Crippen LogP contribution in [-0.4, -0.2) is 61.5 Å². The van der Waals surface area contributed by atoms with E-state index in [2.05, 4.69) is 24.1 Å². The molecular formula is C14H30N2O2. The highest BCUT2D eigenvalue weighted by Crippen LogP contribution is 2.20. The number of likely N-dealkylation sites (N-methyl/N-ethyl adjacent to an activating group) is 1. The van der Waals surface area contributed by atoms with E-state index in [0.717, 1.165) is 26.2 Å². The number of aliphatic hydroxyl groups is 1. The van der Waals surface area contributed by atoms with Crippen LogP contribution in [0.15, 0.2) is 0 Å². The Morgan fingerprint density at radius 2 is 1.94 bits per heavy atom. The van der Waals surface area contributed by atoms with Gasteiger partial charge < -0.3 is 20.1 Å². The van der Waals surface area contributed by atoms with Gasteiger partial charge in [-0.05, 0) is 25.9 Å². The Bertz CT molecular complexity index is 192. The summed E-state index contributed by atoms with van der Waals surface area (Å²) in [5, 5.41) is 13.1. The summed E-state index contributed by atoms with van der Waals surface area (Å²) in [7, 11) is 0. The average Bonchev–Trinajstić information content (AvgIpc) is 2.90. The highest BCUT2D eigenvalue weighted by molar-refractivity contribution is 4.68. The molecule has 108 valence electrons. The summed E-state index contributed by atoms with van der Waals surface area (Å²) in [6, 6.07) is 0. The summed E-state index contributed by atoms with van der Waals surface area (Å²) in [5.41, 5.74) is 0. The highest BCUT2D eigenvalue weighted by atomic mass is 16.5. The first-order valence-corrected chi connectivity index (χ1v) is 7.49. The van der Waals surface area contributed by atoms with Crippen LogP contribution in [0.5, 0.6) is 0 Å². The molecule has 1 atom stereocenters. The fraction of sp³-hybridized carbons (Fsp3) is 1.00. The summed E-state index contributed by atoms with van der Waals surface area (Å²) in [6.07, 6.45) is 4.92. The molecule has 0 bridgehead atoms. The van der Waals surface area contributed by atoms with Gasteiger partial charge in [-0.25, -0.2) is 0 Å². The molecule has 2 N–H and O–H groups in total. The predicted molar refractivity (Wildman–Crippen MR) is 74.9 cm³/mol. The van der Waals surface area contributed by atoms with E-state index in [1.165, 1.54) is 25.7 Å². The Morgan fingerprint density at radius 1 is 1.28 bits per heavy atom. The van der Waals surface area contributed by atoms with Crippen molar-refractivity contribution in [3.05, 3.63) is 0 Å². The zero-order chi connectivity index (χ0) is 13.2. The highest BCUT2D eigenvalue weighted by Gasteiger charge is 2.16. The first-order chi connectivity index (χ1) is 8.76.